The summed E-state index contributed by atoms with van der Waals surface area (Å²) in [6.07, 6.45) is -5.54. The minimum atomic E-state index is -5.06. The Labute approximate surface area is 81.4 Å². The number of alkyl halides is 3. The number of ketones is 2. The molecule has 1 heterocycles. The average Bonchev–Trinajstić information content (AvgIpc) is 2.53. The second-order valence-corrected chi connectivity index (χ2v) is 3.54. The van der Waals surface area contributed by atoms with Crippen molar-refractivity contribution in [1.29, 1.82) is 0 Å². The van der Waals surface area contributed by atoms with Gasteiger partial charge in [-0.05, 0) is 11.4 Å². The van der Waals surface area contributed by atoms with Crippen molar-refractivity contribution in [3.05, 3.63) is 22.4 Å². The second-order valence-electron chi connectivity index (χ2n) is 2.51. The molecule has 0 aliphatic rings. The van der Waals surface area contributed by atoms with Crippen molar-refractivity contribution in [1.82, 2.24) is 0 Å². The molecule has 0 aliphatic carbocycles. The number of hydrogen-bond acceptors (Lipinski definition) is 3. The Kier molecular flexibility index (Phi) is 3.05. The third-order valence-electron chi connectivity index (χ3n) is 1.43. The molecule has 0 amide bonds. The van der Waals surface area contributed by atoms with Gasteiger partial charge in [-0.3, -0.25) is 9.59 Å². The Hall–Kier alpha value is -1.17. The molecule has 0 saturated heterocycles. The molecule has 1 rings (SSSR count). The summed E-state index contributed by atoms with van der Waals surface area (Å²) >= 11 is 1.14. The Morgan fingerprint density at radius 3 is 2.43 bits per heavy atom. The molecule has 14 heavy (non-hydrogen) atoms. The Bertz CT molecular complexity index is 340. The van der Waals surface area contributed by atoms with E-state index in [1.165, 1.54) is 6.07 Å². The molecule has 2 nitrogen and oxygen atoms in total. The van der Waals surface area contributed by atoms with Crippen molar-refractivity contribution >= 4 is 22.9 Å². The summed E-state index contributed by atoms with van der Waals surface area (Å²) in [6, 6.07) is 3.11. The highest BCUT2D eigenvalue weighted by atomic mass is 32.1. The first kappa shape index (κ1) is 10.9. The smallest absolute Gasteiger partial charge is 0.290 e. The van der Waals surface area contributed by atoms with E-state index in [9.17, 15) is 22.8 Å². The lowest BCUT2D eigenvalue weighted by molar-refractivity contribution is -0.174. The van der Waals surface area contributed by atoms with Crippen molar-refractivity contribution in [2.75, 3.05) is 0 Å². The van der Waals surface area contributed by atoms with Crippen LogP contribution in [0.2, 0.25) is 0 Å². The summed E-state index contributed by atoms with van der Waals surface area (Å²) in [7, 11) is 0. The van der Waals surface area contributed by atoms with E-state index < -0.39 is 24.2 Å². The highest BCUT2D eigenvalue weighted by Crippen LogP contribution is 2.18. The molecular weight excluding hydrogens is 217 g/mol. The van der Waals surface area contributed by atoms with Gasteiger partial charge in [-0.2, -0.15) is 13.2 Å². The van der Waals surface area contributed by atoms with Gasteiger partial charge in [0.25, 0.3) is 0 Å². The number of rotatable bonds is 3. The third kappa shape index (κ3) is 2.66. The monoisotopic (exact) mass is 222 g/mol. The van der Waals surface area contributed by atoms with Crippen LogP contribution in [0, 0.1) is 0 Å². The predicted octanol–water partition coefficient (Wildman–Crippen LogP) is 1.99. The summed E-state index contributed by atoms with van der Waals surface area (Å²) in [6.45, 7) is 0. The van der Waals surface area contributed by atoms with Gasteiger partial charge in [0.1, 0.15) is 0 Å². The summed E-state index contributed by atoms with van der Waals surface area (Å²) in [4.78, 5) is 21.7. The molecule has 0 aromatic carbocycles. The Morgan fingerprint density at radius 1 is 1.36 bits per heavy atom. The van der Waals surface area contributed by atoms with Crippen LogP contribution < -0.4 is 0 Å². The Balaban J connectivity index is 2.64. The van der Waals surface area contributed by atoms with E-state index in [1.54, 1.807) is 11.4 Å². The zero-order chi connectivity index (χ0) is 10.8. The van der Waals surface area contributed by atoms with Crippen LogP contribution in [0.3, 0.4) is 0 Å². The van der Waals surface area contributed by atoms with Gasteiger partial charge in [0.05, 0.1) is 0 Å². The molecule has 0 atom stereocenters. The van der Waals surface area contributed by atoms with Crippen LogP contribution in [-0.2, 0) is 16.0 Å². The molecule has 6 heteroatoms. The number of thiophene rings is 1. The molecule has 0 N–H and O–H groups in total. The van der Waals surface area contributed by atoms with E-state index in [-0.39, 0.29) is 0 Å². The number of hydrogen-bond donors (Lipinski definition) is 0. The van der Waals surface area contributed by atoms with Crippen LogP contribution in [0.5, 0.6) is 0 Å². The SMILES string of the molecule is O=C(Cc1cccs1)C(=O)C(F)(F)F. The maximum atomic E-state index is 11.8. The van der Waals surface area contributed by atoms with E-state index in [2.05, 4.69) is 0 Å². The minimum Gasteiger partial charge on any atom is -0.290 e. The molecule has 0 fully saturated rings. The molecule has 0 spiro atoms. The van der Waals surface area contributed by atoms with Gasteiger partial charge in [0.2, 0.25) is 5.78 Å². The van der Waals surface area contributed by atoms with Crippen molar-refractivity contribution in [3.63, 3.8) is 0 Å². The number of carbonyl (C=O) groups excluding carboxylic acids is 2. The fraction of sp³-hybridized carbons (Fsp3) is 0.250. The van der Waals surface area contributed by atoms with Crippen LogP contribution in [0.25, 0.3) is 0 Å². The summed E-state index contributed by atoms with van der Waals surface area (Å²) in [5.74, 6) is -3.70. The zero-order valence-electron chi connectivity index (χ0n) is 6.80. The van der Waals surface area contributed by atoms with Crippen LogP contribution in [0.15, 0.2) is 17.5 Å². The first-order valence-electron chi connectivity index (χ1n) is 3.58. The zero-order valence-corrected chi connectivity index (χ0v) is 7.61. The average molecular weight is 222 g/mol. The van der Waals surface area contributed by atoms with Crippen LogP contribution in [-0.4, -0.2) is 17.7 Å². The maximum absolute atomic E-state index is 11.8. The van der Waals surface area contributed by atoms with E-state index in [0.29, 0.717) is 4.88 Å². The molecule has 1 aromatic rings. The minimum absolute atomic E-state index is 0.451. The summed E-state index contributed by atoms with van der Waals surface area (Å²) in [5.41, 5.74) is 0. The van der Waals surface area contributed by atoms with Gasteiger partial charge in [0.15, 0.2) is 0 Å². The fourth-order valence-electron chi connectivity index (χ4n) is 0.810. The predicted molar refractivity (Wildman–Crippen MR) is 44.1 cm³/mol. The van der Waals surface area contributed by atoms with Crippen molar-refractivity contribution in [3.8, 4) is 0 Å². The van der Waals surface area contributed by atoms with Gasteiger partial charge in [0, 0.05) is 11.3 Å². The van der Waals surface area contributed by atoms with Crippen LogP contribution in [0.4, 0.5) is 13.2 Å². The van der Waals surface area contributed by atoms with Gasteiger partial charge in [-0.1, -0.05) is 6.07 Å². The van der Waals surface area contributed by atoms with Gasteiger partial charge in [-0.15, -0.1) is 11.3 Å². The molecule has 0 bridgehead atoms. The quantitative estimate of drug-likeness (QED) is 0.733. The van der Waals surface area contributed by atoms with Crippen molar-refractivity contribution < 1.29 is 22.8 Å². The third-order valence-corrected chi connectivity index (χ3v) is 2.30. The van der Waals surface area contributed by atoms with E-state index in [1.807, 2.05) is 0 Å². The molecule has 1 aromatic heterocycles. The number of Topliss-reactive ketones (excluding diaryl/α,β-unsaturated/α-hetero) is 2. The number of carbonyl (C=O) groups is 2. The van der Waals surface area contributed by atoms with E-state index in [0.717, 1.165) is 11.3 Å². The maximum Gasteiger partial charge on any atom is 0.458 e. The van der Waals surface area contributed by atoms with Crippen LogP contribution >= 0.6 is 11.3 Å². The van der Waals surface area contributed by atoms with E-state index >= 15 is 0 Å². The molecular formula is C8H5F3O2S. The summed E-state index contributed by atoms with van der Waals surface area (Å²) in [5, 5.41) is 1.63. The van der Waals surface area contributed by atoms with Crippen molar-refractivity contribution in [2.45, 2.75) is 12.6 Å². The first-order chi connectivity index (χ1) is 6.41. The summed E-state index contributed by atoms with van der Waals surface area (Å²) < 4.78 is 35.3. The lowest BCUT2D eigenvalue weighted by atomic mass is 10.1. The molecule has 76 valence electrons. The normalized spacial score (nSPS) is 11.4. The van der Waals surface area contributed by atoms with Crippen molar-refractivity contribution in [2.24, 2.45) is 0 Å². The van der Waals surface area contributed by atoms with Crippen LogP contribution in [0.1, 0.15) is 4.88 Å². The molecule has 0 aliphatic heterocycles. The Morgan fingerprint density at radius 2 is 2.00 bits per heavy atom. The van der Waals surface area contributed by atoms with Gasteiger partial charge < -0.3 is 0 Å². The second kappa shape index (κ2) is 3.91. The van der Waals surface area contributed by atoms with Gasteiger partial charge >= 0.3 is 12.0 Å². The van der Waals surface area contributed by atoms with Gasteiger partial charge in [-0.25, -0.2) is 0 Å². The standard InChI is InChI=1S/C8H5F3O2S/c9-8(10,11)7(13)6(12)4-5-2-1-3-14-5/h1-3H,4H2. The number of halogens is 3. The fourth-order valence-corrected chi connectivity index (χ4v) is 1.51. The molecule has 0 unspecified atom stereocenters. The first-order valence-corrected chi connectivity index (χ1v) is 4.46. The lowest BCUT2D eigenvalue weighted by Crippen LogP contribution is -2.31. The van der Waals surface area contributed by atoms with E-state index in [4.69, 9.17) is 0 Å². The largest absolute Gasteiger partial charge is 0.458 e. The lowest BCUT2D eigenvalue weighted by Gasteiger charge is -2.02. The highest BCUT2D eigenvalue weighted by Gasteiger charge is 2.42. The molecule has 0 saturated carbocycles. The topological polar surface area (TPSA) is 34.1 Å². The highest BCUT2D eigenvalue weighted by molar-refractivity contribution is 7.10. The molecule has 0 radical (unpaired) electrons.